The fourth-order valence-corrected chi connectivity index (χ4v) is 5.55. The van der Waals surface area contributed by atoms with E-state index in [0.717, 1.165) is 56.7 Å². The van der Waals surface area contributed by atoms with Gasteiger partial charge in [0.1, 0.15) is 6.29 Å². The van der Waals surface area contributed by atoms with Crippen molar-refractivity contribution in [3.05, 3.63) is 107 Å². The van der Waals surface area contributed by atoms with Crippen molar-refractivity contribution in [2.24, 2.45) is 0 Å². The molecule has 35 heavy (non-hydrogen) atoms. The highest BCUT2D eigenvalue weighted by Gasteiger charge is 2.28. The molecule has 0 amide bonds. The van der Waals surface area contributed by atoms with Gasteiger partial charge >= 0.3 is 0 Å². The minimum Gasteiger partial charge on any atom is -0.378 e. The number of benzene rings is 3. The lowest BCUT2D eigenvalue weighted by Crippen LogP contribution is -2.48. The molecule has 1 heterocycles. The number of carbonyl (C=O) groups is 1. The highest BCUT2D eigenvalue weighted by atomic mass is 16.1. The molecule has 4 nitrogen and oxygen atoms in total. The SMILES string of the molecule is CN(C)c1ccc2c(c1)C(C=O)CC(CN1CCN(C(c3ccccc3)c3ccccc3)CC1)=C2. The van der Waals surface area contributed by atoms with Crippen molar-refractivity contribution in [2.75, 3.05) is 51.7 Å². The number of carbonyl (C=O) groups excluding carboxylic acids is 1. The highest BCUT2D eigenvalue weighted by Crippen LogP contribution is 2.35. The number of hydrogen-bond donors (Lipinski definition) is 0. The second-order valence-electron chi connectivity index (χ2n) is 9.99. The van der Waals surface area contributed by atoms with E-state index in [1.54, 1.807) is 0 Å². The Hall–Kier alpha value is -3.21. The average molecular weight is 466 g/mol. The van der Waals surface area contributed by atoms with Gasteiger partial charge in [0, 0.05) is 58.4 Å². The summed E-state index contributed by atoms with van der Waals surface area (Å²) >= 11 is 0. The topological polar surface area (TPSA) is 26.8 Å². The van der Waals surface area contributed by atoms with Gasteiger partial charge in [0.2, 0.25) is 0 Å². The maximum atomic E-state index is 12.0. The Morgan fingerprint density at radius 1 is 0.886 bits per heavy atom. The number of aldehydes is 1. The lowest BCUT2D eigenvalue weighted by molar-refractivity contribution is -0.109. The Balaban J connectivity index is 1.28. The third-order valence-corrected chi connectivity index (χ3v) is 7.42. The summed E-state index contributed by atoms with van der Waals surface area (Å²) in [5.74, 6) is -0.0493. The third-order valence-electron chi connectivity index (χ3n) is 7.42. The predicted molar refractivity (Wildman–Crippen MR) is 145 cm³/mol. The summed E-state index contributed by atoms with van der Waals surface area (Å²) in [5, 5.41) is 0. The molecule has 5 rings (SSSR count). The van der Waals surface area contributed by atoms with Gasteiger partial charge in [-0.2, -0.15) is 0 Å². The molecule has 4 heteroatoms. The monoisotopic (exact) mass is 465 g/mol. The Bertz CT molecular complexity index is 1120. The normalized spacial score (nSPS) is 18.7. The Morgan fingerprint density at radius 2 is 1.51 bits per heavy atom. The van der Waals surface area contributed by atoms with Crippen LogP contribution in [-0.2, 0) is 4.79 Å². The van der Waals surface area contributed by atoms with Crippen molar-refractivity contribution in [3.8, 4) is 0 Å². The lowest BCUT2D eigenvalue weighted by Gasteiger charge is -2.40. The molecule has 0 bridgehead atoms. The van der Waals surface area contributed by atoms with Crippen LogP contribution in [0.3, 0.4) is 0 Å². The quantitative estimate of drug-likeness (QED) is 0.447. The van der Waals surface area contributed by atoms with Gasteiger partial charge in [0.25, 0.3) is 0 Å². The van der Waals surface area contributed by atoms with E-state index in [2.05, 4.69) is 99.6 Å². The summed E-state index contributed by atoms with van der Waals surface area (Å²) in [4.78, 5) is 19.2. The Morgan fingerprint density at radius 3 is 2.09 bits per heavy atom. The van der Waals surface area contributed by atoms with Crippen molar-refractivity contribution in [3.63, 3.8) is 0 Å². The van der Waals surface area contributed by atoms with E-state index >= 15 is 0 Å². The third kappa shape index (κ3) is 5.24. The molecule has 0 radical (unpaired) electrons. The zero-order chi connectivity index (χ0) is 24.2. The van der Waals surface area contributed by atoms with Crippen LogP contribution < -0.4 is 4.90 Å². The minimum absolute atomic E-state index is 0.0493. The fourth-order valence-electron chi connectivity index (χ4n) is 5.55. The van der Waals surface area contributed by atoms with Gasteiger partial charge in [-0.15, -0.1) is 0 Å². The molecule has 1 fully saturated rings. The number of fused-ring (bicyclic) bond motifs is 1. The summed E-state index contributed by atoms with van der Waals surface area (Å²) in [6.07, 6.45) is 4.27. The summed E-state index contributed by atoms with van der Waals surface area (Å²) < 4.78 is 0. The van der Waals surface area contributed by atoms with Crippen LogP contribution in [0.2, 0.25) is 0 Å². The fraction of sp³-hybridized carbons (Fsp3) is 0.323. The molecule has 3 aromatic rings. The molecule has 1 saturated heterocycles. The first-order valence-corrected chi connectivity index (χ1v) is 12.6. The molecular formula is C31H35N3O. The smallest absolute Gasteiger partial charge is 0.127 e. The first-order chi connectivity index (χ1) is 17.1. The van der Waals surface area contributed by atoms with Crippen LogP contribution in [0.4, 0.5) is 5.69 Å². The summed E-state index contributed by atoms with van der Waals surface area (Å²) in [6.45, 7) is 5.06. The second kappa shape index (κ2) is 10.6. The number of piperazine rings is 1. The van der Waals surface area contributed by atoms with Gasteiger partial charge in [-0.3, -0.25) is 9.80 Å². The first-order valence-electron chi connectivity index (χ1n) is 12.6. The van der Waals surface area contributed by atoms with Crippen molar-refractivity contribution in [1.29, 1.82) is 0 Å². The minimum atomic E-state index is -0.0493. The lowest BCUT2D eigenvalue weighted by atomic mass is 9.83. The molecule has 0 N–H and O–H groups in total. The van der Waals surface area contributed by atoms with Gasteiger partial charge in [0.05, 0.1) is 6.04 Å². The van der Waals surface area contributed by atoms with Gasteiger partial charge in [-0.1, -0.05) is 78.4 Å². The molecule has 0 saturated carbocycles. The van der Waals surface area contributed by atoms with Crippen LogP contribution in [0.25, 0.3) is 6.08 Å². The molecule has 0 aromatic heterocycles. The zero-order valence-corrected chi connectivity index (χ0v) is 20.8. The number of rotatable bonds is 7. The largest absolute Gasteiger partial charge is 0.378 e. The van der Waals surface area contributed by atoms with Crippen LogP contribution in [0.15, 0.2) is 84.4 Å². The van der Waals surface area contributed by atoms with Crippen LogP contribution in [-0.4, -0.2) is 62.9 Å². The average Bonchev–Trinajstić information content (AvgIpc) is 2.90. The second-order valence-corrected chi connectivity index (χ2v) is 9.99. The summed E-state index contributed by atoms with van der Waals surface area (Å²) in [6, 6.07) is 28.5. The van der Waals surface area contributed by atoms with E-state index in [1.807, 2.05) is 14.1 Å². The Labute approximate surface area is 209 Å². The van der Waals surface area contributed by atoms with E-state index in [0.29, 0.717) is 0 Å². The molecule has 1 aliphatic heterocycles. The molecule has 3 aromatic carbocycles. The van der Waals surface area contributed by atoms with Gasteiger partial charge < -0.3 is 9.69 Å². The van der Waals surface area contributed by atoms with Crippen molar-refractivity contribution in [1.82, 2.24) is 9.80 Å². The van der Waals surface area contributed by atoms with E-state index in [-0.39, 0.29) is 12.0 Å². The molecule has 180 valence electrons. The van der Waals surface area contributed by atoms with Crippen LogP contribution in [0.5, 0.6) is 0 Å². The summed E-state index contributed by atoms with van der Waals surface area (Å²) in [7, 11) is 4.09. The van der Waals surface area contributed by atoms with Crippen LogP contribution in [0, 0.1) is 0 Å². The standard InChI is InChI=1S/C31H35N3O/c1-32(2)29-14-13-27-19-24(20-28(23-35)30(27)21-29)22-33-15-17-34(18-16-33)31(25-9-5-3-6-10-25)26-11-7-4-8-12-26/h3-14,19,21,23,28,31H,15-18,20,22H2,1-2H3. The molecule has 2 aliphatic rings. The van der Waals surface area contributed by atoms with Crippen LogP contribution in [0.1, 0.15) is 40.6 Å². The molecule has 0 spiro atoms. The molecular weight excluding hydrogens is 430 g/mol. The van der Waals surface area contributed by atoms with Gasteiger partial charge in [-0.05, 0) is 40.8 Å². The van der Waals surface area contributed by atoms with E-state index in [4.69, 9.17) is 0 Å². The van der Waals surface area contributed by atoms with E-state index in [1.165, 1.54) is 22.3 Å². The number of anilines is 1. The highest BCUT2D eigenvalue weighted by molar-refractivity contribution is 5.74. The predicted octanol–water partition coefficient (Wildman–Crippen LogP) is 5.23. The van der Waals surface area contributed by atoms with Gasteiger partial charge in [-0.25, -0.2) is 0 Å². The van der Waals surface area contributed by atoms with Crippen LogP contribution >= 0.6 is 0 Å². The summed E-state index contributed by atoms with van der Waals surface area (Å²) in [5.41, 5.74) is 7.57. The van der Waals surface area contributed by atoms with Crippen molar-refractivity contribution in [2.45, 2.75) is 18.4 Å². The van der Waals surface area contributed by atoms with Crippen molar-refractivity contribution < 1.29 is 4.79 Å². The number of hydrogen-bond acceptors (Lipinski definition) is 4. The van der Waals surface area contributed by atoms with Crippen molar-refractivity contribution >= 4 is 18.0 Å². The van der Waals surface area contributed by atoms with Gasteiger partial charge in [0.15, 0.2) is 0 Å². The molecule has 1 atom stereocenters. The number of nitrogens with zero attached hydrogens (tertiary/aromatic N) is 3. The zero-order valence-electron chi connectivity index (χ0n) is 20.8. The Kier molecular flexibility index (Phi) is 7.12. The first kappa shape index (κ1) is 23.5. The van der Waals surface area contributed by atoms with E-state index in [9.17, 15) is 4.79 Å². The molecule has 1 unspecified atom stereocenters. The molecule has 1 aliphatic carbocycles. The van der Waals surface area contributed by atoms with E-state index < -0.39 is 0 Å². The maximum Gasteiger partial charge on any atom is 0.127 e. The maximum absolute atomic E-state index is 12.0.